The smallest absolute Gasteiger partial charge is 0.261 e. The predicted molar refractivity (Wildman–Crippen MR) is 67.0 cm³/mol. The number of ketones is 2. The summed E-state index contributed by atoms with van der Waals surface area (Å²) < 4.78 is 0. The fourth-order valence-electron chi connectivity index (χ4n) is 1.22. The molecule has 0 saturated carbocycles. The van der Waals surface area contributed by atoms with Gasteiger partial charge in [-0.25, -0.2) is 0 Å². The van der Waals surface area contributed by atoms with Crippen molar-refractivity contribution in [2.24, 2.45) is 0 Å². The van der Waals surface area contributed by atoms with Gasteiger partial charge in [0.05, 0.1) is 6.42 Å². The summed E-state index contributed by atoms with van der Waals surface area (Å²) in [6, 6.07) is 6.77. The van der Waals surface area contributed by atoms with Gasteiger partial charge in [-0.3, -0.25) is 19.7 Å². The molecule has 0 saturated heterocycles. The van der Waals surface area contributed by atoms with Crippen molar-refractivity contribution >= 4 is 29.2 Å². The summed E-state index contributed by atoms with van der Waals surface area (Å²) in [5.41, 5.74) is 0.759. The van der Waals surface area contributed by atoms with Crippen molar-refractivity contribution in [1.82, 2.24) is 0 Å². The summed E-state index contributed by atoms with van der Waals surface area (Å²) in [6.45, 7) is -0.819. The van der Waals surface area contributed by atoms with E-state index in [9.17, 15) is 19.7 Å². The Bertz CT molecular complexity index is 493. The molecule has 0 N–H and O–H groups in total. The molecule has 18 heavy (non-hydrogen) atoms. The number of nitro groups is 1. The van der Waals surface area contributed by atoms with Crippen molar-refractivity contribution in [3.8, 4) is 0 Å². The Morgan fingerprint density at radius 3 is 2.44 bits per heavy atom. The number of carbonyl (C=O) groups excluding carboxylic acids is 2. The van der Waals surface area contributed by atoms with Gasteiger partial charge in [0.2, 0.25) is 5.78 Å². The minimum absolute atomic E-state index is 0.453. The normalized spacial score (nSPS) is 10.5. The summed E-state index contributed by atoms with van der Waals surface area (Å²) in [5.74, 6) is -1.16. The van der Waals surface area contributed by atoms with Crippen LogP contribution in [0.3, 0.4) is 0 Å². The number of Topliss-reactive ketones (excluding diaryl/α,β-unsaturated/α-hetero) is 1. The Morgan fingerprint density at radius 1 is 1.28 bits per heavy atom. The second-order valence-corrected chi connectivity index (χ2v) is 3.99. The largest absolute Gasteiger partial charge is 0.294 e. The van der Waals surface area contributed by atoms with Crippen LogP contribution in [0.5, 0.6) is 0 Å². The first-order chi connectivity index (χ1) is 8.47. The predicted octanol–water partition coefficient (Wildman–Crippen LogP) is 2.16. The van der Waals surface area contributed by atoms with Crippen LogP contribution in [0, 0.1) is 10.1 Å². The van der Waals surface area contributed by atoms with Gasteiger partial charge in [0, 0.05) is 9.95 Å². The van der Waals surface area contributed by atoms with E-state index in [-0.39, 0.29) is 0 Å². The van der Waals surface area contributed by atoms with Crippen LogP contribution in [0.4, 0.5) is 0 Å². The van der Waals surface area contributed by atoms with Crippen molar-refractivity contribution in [2.45, 2.75) is 6.42 Å². The van der Waals surface area contributed by atoms with Crippen molar-refractivity contribution in [2.75, 3.05) is 6.54 Å². The molecule has 0 bridgehead atoms. The lowest BCUT2D eigenvalue weighted by Gasteiger charge is -1.94. The molecule has 0 aromatic heterocycles. The topological polar surface area (TPSA) is 77.3 Å². The molecule has 0 aliphatic rings. The highest BCUT2D eigenvalue weighted by Gasteiger charge is 2.12. The molecule has 0 heterocycles. The molecule has 0 aliphatic heterocycles. The molecule has 1 aromatic carbocycles. The van der Waals surface area contributed by atoms with E-state index in [2.05, 4.69) is 0 Å². The minimum atomic E-state index is -0.819. The van der Waals surface area contributed by atoms with Gasteiger partial charge in [0.25, 0.3) is 6.54 Å². The van der Waals surface area contributed by atoms with Crippen LogP contribution in [-0.4, -0.2) is 23.0 Å². The lowest BCUT2D eigenvalue weighted by atomic mass is 10.1. The Kier molecular flexibility index (Phi) is 5.20. The molecule has 0 radical (unpaired) electrons. The van der Waals surface area contributed by atoms with Crippen LogP contribution in [0.1, 0.15) is 12.0 Å². The number of nitrogens with zero attached hydrogens (tertiary/aromatic N) is 1. The lowest BCUT2D eigenvalue weighted by molar-refractivity contribution is -0.467. The molecule has 5 nitrogen and oxygen atoms in total. The zero-order valence-corrected chi connectivity index (χ0v) is 10.1. The van der Waals surface area contributed by atoms with Gasteiger partial charge in [-0.1, -0.05) is 29.8 Å². The quantitative estimate of drug-likeness (QED) is 0.342. The maximum absolute atomic E-state index is 11.3. The molecular formula is C12H10ClNO4. The first kappa shape index (κ1) is 14.1. The van der Waals surface area contributed by atoms with Crippen molar-refractivity contribution in [1.29, 1.82) is 0 Å². The zero-order chi connectivity index (χ0) is 13.5. The zero-order valence-electron chi connectivity index (χ0n) is 9.34. The summed E-state index contributed by atoms with van der Waals surface area (Å²) in [7, 11) is 0. The van der Waals surface area contributed by atoms with Crippen LogP contribution in [0.15, 0.2) is 30.3 Å². The first-order valence-electron chi connectivity index (χ1n) is 5.07. The van der Waals surface area contributed by atoms with Gasteiger partial charge in [0.1, 0.15) is 0 Å². The van der Waals surface area contributed by atoms with Gasteiger partial charge in [-0.2, -0.15) is 0 Å². The Labute approximate surface area is 108 Å². The van der Waals surface area contributed by atoms with E-state index in [0.29, 0.717) is 5.02 Å². The van der Waals surface area contributed by atoms with Gasteiger partial charge < -0.3 is 0 Å². The van der Waals surface area contributed by atoms with E-state index >= 15 is 0 Å². The summed E-state index contributed by atoms with van der Waals surface area (Å²) in [5, 5.41) is 10.6. The monoisotopic (exact) mass is 267 g/mol. The van der Waals surface area contributed by atoms with Crippen molar-refractivity contribution in [3.63, 3.8) is 0 Å². The van der Waals surface area contributed by atoms with Gasteiger partial charge in [-0.05, 0) is 23.8 Å². The van der Waals surface area contributed by atoms with Crippen LogP contribution in [-0.2, 0) is 9.59 Å². The second-order valence-electron chi connectivity index (χ2n) is 3.56. The SMILES string of the molecule is O=C(C=Cc1ccc(Cl)cc1)CC(=O)C[N+](=O)[O-]. The third-order valence-corrected chi connectivity index (χ3v) is 2.26. The lowest BCUT2D eigenvalue weighted by Crippen LogP contribution is -2.16. The molecule has 94 valence electrons. The van der Waals surface area contributed by atoms with Crippen molar-refractivity contribution in [3.05, 3.63) is 51.0 Å². The van der Waals surface area contributed by atoms with Gasteiger partial charge >= 0.3 is 0 Å². The van der Waals surface area contributed by atoms with Gasteiger partial charge in [-0.15, -0.1) is 0 Å². The number of hydrogen-bond acceptors (Lipinski definition) is 4. The number of allylic oxidation sites excluding steroid dienone is 1. The molecule has 0 atom stereocenters. The second kappa shape index (κ2) is 6.66. The van der Waals surface area contributed by atoms with Gasteiger partial charge in [0.15, 0.2) is 5.78 Å². The fraction of sp³-hybridized carbons (Fsp3) is 0.167. The third-order valence-electron chi connectivity index (χ3n) is 2.01. The Balaban J connectivity index is 2.52. The van der Waals surface area contributed by atoms with Crippen LogP contribution in [0.2, 0.25) is 5.02 Å². The summed E-state index contributed by atoms with van der Waals surface area (Å²) in [6.07, 6.45) is 2.30. The highest BCUT2D eigenvalue weighted by atomic mass is 35.5. The molecule has 0 amide bonds. The number of hydrogen-bond donors (Lipinski definition) is 0. The fourth-order valence-corrected chi connectivity index (χ4v) is 1.34. The molecule has 1 rings (SSSR count). The number of carbonyl (C=O) groups is 2. The number of halogens is 1. The van der Waals surface area contributed by atoms with E-state index in [4.69, 9.17) is 11.6 Å². The maximum atomic E-state index is 11.3. The summed E-state index contributed by atoms with van der Waals surface area (Å²) in [4.78, 5) is 31.6. The van der Waals surface area contributed by atoms with E-state index in [1.165, 1.54) is 12.2 Å². The van der Waals surface area contributed by atoms with E-state index in [1.807, 2.05) is 0 Å². The van der Waals surface area contributed by atoms with E-state index in [0.717, 1.165) is 5.56 Å². The van der Waals surface area contributed by atoms with Crippen molar-refractivity contribution < 1.29 is 14.5 Å². The highest BCUT2D eigenvalue weighted by Crippen LogP contribution is 2.10. The standard InChI is InChI=1S/C12H10ClNO4/c13-10-4-1-9(2-5-10)3-6-11(15)7-12(16)8-14(17)18/h1-6H,7-8H2. The minimum Gasteiger partial charge on any atom is -0.294 e. The molecule has 0 fully saturated rings. The Morgan fingerprint density at radius 2 is 1.89 bits per heavy atom. The number of benzene rings is 1. The molecule has 6 heteroatoms. The van der Waals surface area contributed by atoms with Crippen LogP contribution in [0.25, 0.3) is 6.08 Å². The molecule has 0 spiro atoms. The molecule has 0 aliphatic carbocycles. The molecule has 1 aromatic rings. The van der Waals surface area contributed by atoms with E-state index in [1.54, 1.807) is 24.3 Å². The average molecular weight is 268 g/mol. The first-order valence-corrected chi connectivity index (χ1v) is 5.45. The summed E-state index contributed by atoms with van der Waals surface area (Å²) >= 11 is 5.69. The Hall–Kier alpha value is -2.01. The average Bonchev–Trinajstić information content (AvgIpc) is 2.27. The van der Waals surface area contributed by atoms with Crippen LogP contribution < -0.4 is 0 Å². The van der Waals surface area contributed by atoms with E-state index < -0.39 is 29.5 Å². The highest BCUT2D eigenvalue weighted by molar-refractivity contribution is 6.30. The number of rotatable bonds is 6. The molecule has 0 unspecified atom stereocenters. The maximum Gasteiger partial charge on any atom is 0.261 e. The third kappa shape index (κ3) is 5.36. The van der Waals surface area contributed by atoms with Crippen LogP contribution >= 0.6 is 11.6 Å². The molecular weight excluding hydrogens is 258 g/mol.